The fraction of sp³-hybridized carbons (Fsp3) is 0.529. The van der Waals surface area contributed by atoms with E-state index in [0.717, 1.165) is 30.7 Å². The summed E-state index contributed by atoms with van der Waals surface area (Å²) >= 11 is 1.33. The van der Waals surface area contributed by atoms with Crippen LogP contribution in [0.15, 0.2) is 24.3 Å². The van der Waals surface area contributed by atoms with E-state index in [2.05, 4.69) is 10.6 Å². The van der Waals surface area contributed by atoms with Crippen molar-refractivity contribution in [3.05, 3.63) is 29.8 Å². The minimum absolute atomic E-state index is 0.0476. The molecule has 126 valence electrons. The van der Waals surface area contributed by atoms with E-state index in [4.69, 9.17) is 4.74 Å². The molecule has 1 heterocycles. The molecule has 0 aliphatic carbocycles. The molecule has 23 heavy (non-hydrogen) atoms. The van der Waals surface area contributed by atoms with Crippen LogP contribution in [0.2, 0.25) is 0 Å². The van der Waals surface area contributed by atoms with Gasteiger partial charge in [0.15, 0.2) is 0 Å². The lowest BCUT2D eigenvalue weighted by Gasteiger charge is -2.14. The number of thioether (sulfide) groups is 1. The summed E-state index contributed by atoms with van der Waals surface area (Å²) in [7, 11) is 0. The van der Waals surface area contributed by atoms with Crippen molar-refractivity contribution >= 4 is 29.3 Å². The summed E-state index contributed by atoms with van der Waals surface area (Å²) in [6.45, 7) is 5.15. The van der Waals surface area contributed by atoms with Gasteiger partial charge in [-0.3, -0.25) is 9.59 Å². The number of benzene rings is 1. The summed E-state index contributed by atoms with van der Waals surface area (Å²) in [6, 6.07) is 7.64. The number of hydrogen-bond donors (Lipinski definition) is 2. The predicted molar refractivity (Wildman–Crippen MR) is 93.7 cm³/mol. The van der Waals surface area contributed by atoms with Crippen molar-refractivity contribution in [1.29, 1.82) is 0 Å². The Morgan fingerprint density at radius 3 is 2.74 bits per heavy atom. The Hall–Kier alpha value is -1.53. The second-order valence-electron chi connectivity index (χ2n) is 5.75. The van der Waals surface area contributed by atoms with E-state index < -0.39 is 0 Å². The van der Waals surface area contributed by atoms with Crippen LogP contribution in [0.3, 0.4) is 0 Å². The Labute approximate surface area is 141 Å². The van der Waals surface area contributed by atoms with Gasteiger partial charge in [0, 0.05) is 18.8 Å². The van der Waals surface area contributed by atoms with Crippen LogP contribution in [0.5, 0.6) is 0 Å². The van der Waals surface area contributed by atoms with E-state index >= 15 is 0 Å². The third-order valence-electron chi connectivity index (χ3n) is 3.70. The maximum atomic E-state index is 12.0. The SMILES string of the molecule is Cc1ccc(NC(=O)CSC(C)C(=O)NCC2CCCO2)cc1. The number of aryl methyl sites for hydroxylation is 1. The van der Waals surface area contributed by atoms with Crippen LogP contribution in [0.25, 0.3) is 0 Å². The Balaban J connectivity index is 1.66. The molecule has 5 nitrogen and oxygen atoms in total. The topological polar surface area (TPSA) is 67.4 Å². The molecule has 6 heteroatoms. The smallest absolute Gasteiger partial charge is 0.234 e. The van der Waals surface area contributed by atoms with Crippen molar-refractivity contribution in [2.24, 2.45) is 0 Å². The molecule has 0 spiro atoms. The zero-order valence-electron chi connectivity index (χ0n) is 13.6. The second-order valence-corrected chi connectivity index (χ2v) is 7.08. The molecule has 0 aromatic heterocycles. The molecule has 2 rings (SSSR count). The van der Waals surface area contributed by atoms with Crippen LogP contribution >= 0.6 is 11.8 Å². The van der Waals surface area contributed by atoms with Crippen LogP contribution in [-0.4, -0.2) is 42.1 Å². The van der Waals surface area contributed by atoms with Gasteiger partial charge >= 0.3 is 0 Å². The van der Waals surface area contributed by atoms with Gasteiger partial charge in [-0.25, -0.2) is 0 Å². The monoisotopic (exact) mass is 336 g/mol. The van der Waals surface area contributed by atoms with E-state index in [-0.39, 0.29) is 28.9 Å². The number of anilines is 1. The number of hydrogen-bond acceptors (Lipinski definition) is 4. The molecule has 0 saturated carbocycles. The van der Waals surface area contributed by atoms with Gasteiger partial charge in [-0.1, -0.05) is 17.7 Å². The quantitative estimate of drug-likeness (QED) is 0.802. The first-order valence-electron chi connectivity index (χ1n) is 7.92. The summed E-state index contributed by atoms with van der Waals surface area (Å²) in [4.78, 5) is 23.9. The standard InChI is InChI=1S/C17H24N2O3S/c1-12-5-7-14(8-6-12)19-16(20)11-23-13(2)17(21)18-10-15-4-3-9-22-15/h5-8,13,15H,3-4,9-11H2,1-2H3,(H,18,21)(H,19,20). The van der Waals surface area contributed by atoms with Gasteiger partial charge in [-0.15, -0.1) is 11.8 Å². The van der Waals surface area contributed by atoms with Gasteiger partial charge < -0.3 is 15.4 Å². The third kappa shape index (κ3) is 6.23. The lowest BCUT2D eigenvalue weighted by atomic mass is 10.2. The van der Waals surface area contributed by atoms with E-state index in [1.54, 1.807) is 0 Å². The Kier molecular flexibility index (Phi) is 6.92. The number of rotatable bonds is 7. The minimum Gasteiger partial charge on any atom is -0.376 e. The highest BCUT2D eigenvalue weighted by Crippen LogP contribution is 2.14. The number of ether oxygens (including phenoxy) is 1. The Morgan fingerprint density at radius 1 is 1.35 bits per heavy atom. The summed E-state index contributed by atoms with van der Waals surface area (Å²) in [5.41, 5.74) is 1.92. The molecule has 1 fully saturated rings. The summed E-state index contributed by atoms with van der Waals surface area (Å²) < 4.78 is 5.47. The van der Waals surface area contributed by atoms with Gasteiger partial charge in [-0.2, -0.15) is 0 Å². The molecule has 2 N–H and O–H groups in total. The van der Waals surface area contributed by atoms with Crippen LogP contribution < -0.4 is 10.6 Å². The maximum Gasteiger partial charge on any atom is 0.234 e. The molecule has 1 aromatic rings. The summed E-state index contributed by atoms with van der Waals surface area (Å²) in [6.07, 6.45) is 2.20. The van der Waals surface area contributed by atoms with Crippen molar-refractivity contribution in [2.45, 2.75) is 38.0 Å². The molecular weight excluding hydrogens is 312 g/mol. The molecule has 1 aromatic carbocycles. The van der Waals surface area contributed by atoms with E-state index in [0.29, 0.717) is 6.54 Å². The molecule has 1 aliphatic heterocycles. The largest absolute Gasteiger partial charge is 0.376 e. The highest BCUT2D eigenvalue weighted by molar-refractivity contribution is 8.01. The summed E-state index contributed by atoms with van der Waals surface area (Å²) in [5.74, 6) is 0.105. The van der Waals surface area contributed by atoms with Gasteiger partial charge in [0.2, 0.25) is 11.8 Å². The van der Waals surface area contributed by atoms with Crippen LogP contribution in [0.4, 0.5) is 5.69 Å². The third-order valence-corrected chi connectivity index (χ3v) is 4.84. The van der Waals surface area contributed by atoms with Crippen LogP contribution in [-0.2, 0) is 14.3 Å². The lowest BCUT2D eigenvalue weighted by Crippen LogP contribution is -2.37. The number of amides is 2. The molecule has 1 aliphatic rings. The molecule has 0 bridgehead atoms. The maximum absolute atomic E-state index is 12.0. The molecule has 1 saturated heterocycles. The summed E-state index contributed by atoms with van der Waals surface area (Å²) in [5, 5.41) is 5.45. The van der Waals surface area contributed by atoms with Crippen molar-refractivity contribution in [3.8, 4) is 0 Å². The van der Waals surface area contributed by atoms with E-state index in [1.807, 2.05) is 38.1 Å². The number of nitrogens with one attached hydrogen (secondary N) is 2. The zero-order chi connectivity index (χ0) is 16.7. The first-order valence-corrected chi connectivity index (χ1v) is 8.97. The van der Waals surface area contributed by atoms with Gasteiger partial charge in [0.25, 0.3) is 0 Å². The van der Waals surface area contributed by atoms with E-state index in [9.17, 15) is 9.59 Å². The number of carbonyl (C=O) groups excluding carboxylic acids is 2. The van der Waals surface area contributed by atoms with Crippen LogP contribution in [0, 0.1) is 6.92 Å². The minimum atomic E-state index is -0.264. The van der Waals surface area contributed by atoms with Gasteiger partial charge in [0.05, 0.1) is 17.1 Å². The molecule has 2 atom stereocenters. The van der Waals surface area contributed by atoms with Gasteiger partial charge in [0.1, 0.15) is 0 Å². The second kappa shape index (κ2) is 8.93. The average molecular weight is 336 g/mol. The van der Waals surface area contributed by atoms with Crippen molar-refractivity contribution in [2.75, 3.05) is 24.2 Å². The fourth-order valence-electron chi connectivity index (χ4n) is 2.27. The van der Waals surface area contributed by atoms with E-state index in [1.165, 1.54) is 11.8 Å². The first-order chi connectivity index (χ1) is 11.0. The molecule has 2 unspecified atom stereocenters. The molecule has 0 radical (unpaired) electrons. The Morgan fingerprint density at radius 2 is 2.09 bits per heavy atom. The Bertz CT molecular complexity index is 527. The van der Waals surface area contributed by atoms with Crippen LogP contribution in [0.1, 0.15) is 25.3 Å². The molecular formula is C17H24N2O3S. The van der Waals surface area contributed by atoms with Crippen molar-refractivity contribution in [1.82, 2.24) is 5.32 Å². The van der Waals surface area contributed by atoms with Crippen molar-refractivity contribution < 1.29 is 14.3 Å². The van der Waals surface area contributed by atoms with Crippen molar-refractivity contribution in [3.63, 3.8) is 0 Å². The highest BCUT2D eigenvalue weighted by Gasteiger charge is 2.19. The lowest BCUT2D eigenvalue weighted by molar-refractivity contribution is -0.120. The number of carbonyl (C=O) groups is 2. The molecule has 2 amide bonds. The predicted octanol–water partition coefficient (Wildman–Crippen LogP) is 2.35. The fourth-order valence-corrected chi connectivity index (χ4v) is 2.98. The highest BCUT2D eigenvalue weighted by atomic mass is 32.2. The zero-order valence-corrected chi connectivity index (χ0v) is 14.4. The normalized spacial score (nSPS) is 18.4. The average Bonchev–Trinajstić information content (AvgIpc) is 3.06. The van der Waals surface area contributed by atoms with Gasteiger partial charge in [-0.05, 0) is 38.8 Å². The first kappa shape index (κ1) is 17.8.